The minimum atomic E-state index is 0.0555. The maximum Gasteiger partial charge on any atom is 0.274 e. The average molecular weight is 288 g/mol. The summed E-state index contributed by atoms with van der Waals surface area (Å²) in [6, 6.07) is 4.05. The van der Waals surface area contributed by atoms with Gasteiger partial charge in [0.1, 0.15) is 5.82 Å². The molecule has 0 aromatic carbocycles. The number of nitrogens with one attached hydrogen (secondary N) is 1. The van der Waals surface area contributed by atoms with Gasteiger partial charge >= 0.3 is 0 Å². The predicted octanol–water partition coefficient (Wildman–Crippen LogP) is 2.70. The van der Waals surface area contributed by atoms with E-state index in [1.165, 1.54) is 25.7 Å². The zero-order valence-corrected chi connectivity index (χ0v) is 12.7. The maximum absolute atomic E-state index is 12.7. The molecule has 0 radical (unpaired) electrons. The minimum absolute atomic E-state index is 0.0555. The molecule has 1 unspecified atom stereocenters. The number of hydrogen-bond donors (Lipinski definition) is 1. The Kier molecular flexibility index (Phi) is 4.36. The molecule has 1 aliphatic carbocycles. The third kappa shape index (κ3) is 3.01. The highest BCUT2D eigenvalue weighted by atomic mass is 16.2. The second-order valence-electron chi connectivity index (χ2n) is 6.09. The normalized spacial score (nSPS) is 22.7. The first-order chi connectivity index (χ1) is 10.3. The van der Waals surface area contributed by atoms with E-state index in [0.717, 1.165) is 31.7 Å². The molecular weight excluding hydrogens is 264 g/mol. The van der Waals surface area contributed by atoms with E-state index in [1.54, 1.807) is 6.07 Å². The van der Waals surface area contributed by atoms with Crippen LogP contribution in [0, 0.1) is 5.92 Å². The van der Waals surface area contributed by atoms with Gasteiger partial charge in [-0.1, -0.05) is 12.8 Å². The second kappa shape index (κ2) is 6.41. The Morgan fingerprint density at radius 2 is 2.05 bits per heavy atom. The molecule has 114 valence electrons. The van der Waals surface area contributed by atoms with Crippen molar-refractivity contribution < 1.29 is 4.79 Å². The van der Waals surface area contributed by atoms with Gasteiger partial charge in [-0.3, -0.25) is 4.79 Å². The van der Waals surface area contributed by atoms with Gasteiger partial charge in [0.2, 0.25) is 0 Å². The molecule has 1 amide bonds. The van der Waals surface area contributed by atoms with Crippen LogP contribution in [0.3, 0.4) is 0 Å². The summed E-state index contributed by atoms with van der Waals surface area (Å²) in [7, 11) is 0. The fourth-order valence-electron chi connectivity index (χ4n) is 3.75. The molecule has 1 aliphatic heterocycles. The van der Waals surface area contributed by atoms with Crippen LogP contribution in [0.15, 0.2) is 12.1 Å². The van der Waals surface area contributed by atoms with Crippen LogP contribution >= 0.6 is 0 Å². The van der Waals surface area contributed by atoms with Gasteiger partial charge in [-0.05, 0) is 50.7 Å². The minimum Gasteiger partial charge on any atom is -0.369 e. The fourth-order valence-corrected chi connectivity index (χ4v) is 3.75. The molecule has 1 N–H and O–H groups in total. The lowest BCUT2D eigenvalue weighted by Gasteiger charge is -2.29. The van der Waals surface area contributed by atoms with Crippen molar-refractivity contribution in [3.63, 3.8) is 0 Å². The van der Waals surface area contributed by atoms with Crippen molar-refractivity contribution in [2.45, 2.75) is 51.5 Å². The lowest BCUT2D eigenvalue weighted by Crippen LogP contribution is -2.39. The van der Waals surface area contributed by atoms with Gasteiger partial charge in [-0.2, -0.15) is 0 Å². The van der Waals surface area contributed by atoms with Gasteiger partial charge in [0.15, 0.2) is 5.69 Å². The van der Waals surface area contributed by atoms with Crippen molar-refractivity contribution >= 4 is 11.7 Å². The molecule has 5 nitrogen and oxygen atoms in total. The van der Waals surface area contributed by atoms with Crippen LogP contribution in [0.25, 0.3) is 0 Å². The van der Waals surface area contributed by atoms with Crippen LogP contribution in [-0.2, 0) is 0 Å². The highest BCUT2D eigenvalue weighted by Gasteiger charge is 2.36. The van der Waals surface area contributed by atoms with Crippen molar-refractivity contribution in [2.24, 2.45) is 5.92 Å². The summed E-state index contributed by atoms with van der Waals surface area (Å²) >= 11 is 0. The zero-order chi connectivity index (χ0) is 14.7. The Balaban J connectivity index is 1.71. The monoisotopic (exact) mass is 288 g/mol. The summed E-state index contributed by atoms with van der Waals surface area (Å²) < 4.78 is 0. The molecule has 1 saturated carbocycles. The number of carbonyl (C=O) groups excluding carboxylic acids is 1. The van der Waals surface area contributed by atoms with Gasteiger partial charge in [0.25, 0.3) is 5.91 Å². The Morgan fingerprint density at radius 1 is 1.24 bits per heavy atom. The molecule has 1 atom stereocenters. The van der Waals surface area contributed by atoms with Crippen molar-refractivity contribution in [2.75, 3.05) is 18.4 Å². The van der Waals surface area contributed by atoms with Crippen molar-refractivity contribution in [3.05, 3.63) is 17.8 Å². The Morgan fingerprint density at radius 3 is 2.71 bits per heavy atom. The second-order valence-corrected chi connectivity index (χ2v) is 6.09. The number of rotatable bonds is 4. The molecule has 1 aromatic heterocycles. The van der Waals surface area contributed by atoms with E-state index in [2.05, 4.69) is 15.5 Å². The Hall–Kier alpha value is -1.65. The van der Waals surface area contributed by atoms with E-state index in [1.807, 2.05) is 17.9 Å². The van der Waals surface area contributed by atoms with Gasteiger partial charge in [0, 0.05) is 19.1 Å². The molecule has 2 heterocycles. The highest BCUT2D eigenvalue weighted by molar-refractivity contribution is 5.92. The van der Waals surface area contributed by atoms with Gasteiger partial charge in [-0.15, -0.1) is 10.2 Å². The summed E-state index contributed by atoms with van der Waals surface area (Å²) in [5.41, 5.74) is 0.474. The molecule has 21 heavy (non-hydrogen) atoms. The molecular formula is C16H24N4O. The first kappa shape index (κ1) is 14.3. The molecule has 2 fully saturated rings. The summed E-state index contributed by atoms with van der Waals surface area (Å²) in [4.78, 5) is 14.7. The fraction of sp³-hybridized carbons (Fsp3) is 0.688. The lowest BCUT2D eigenvalue weighted by atomic mass is 9.96. The number of nitrogens with zero attached hydrogens (tertiary/aromatic N) is 3. The first-order valence-electron chi connectivity index (χ1n) is 8.18. The third-order valence-electron chi connectivity index (χ3n) is 4.75. The number of aromatic nitrogens is 2. The van der Waals surface area contributed by atoms with E-state index >= 15 is 0 Å². The molecule has 0 spiro atoms. The summed E-state index contributed by atoms with van der Waals surface area (Å²) in [5, 5.41) is 11.3. The van der Waals surface area contributed by atoms with Crippen LogP contribution in [0.1, 0.15) is 55.9 Å². The first-order valence-corrected chi connectivity index (χ1v) is 8.18. The highest BCUT2D eigenvalue weighted by Crippen LogP contribution is 2.35. The van der Waals surface area contributed by atoms with Crippen LogP contribution in [0.5, 0.6) is 0 Å². The van der Waals surface area contributed by atoms with Gasteiger partial charge < -0.3 is 10.2 Å². The number of hydrogen-bond acceptors (Lipinski definition) is 4. The third-order valence-corrected chi connectivity index (χ3v) is 4.75. The molecule has 2 aliphatic rings. The smallest absolute Gasteiger partial charge is 0.274 e. The van der Waals surface area contributed by atoms with Crippen molar-refractivity contribution in [1.29, 1.82) is 0 Å². The van der Waals surface area contributed by atoms with Crippen molar-refractivity contribution in [3.8, 4) is 0 Å². The van der Waals surface area contributed by atoms with Gasteiger partial charge in [-0.25, -0.2) is 0 Å². The van der Waals surface area contributed by atoms with E-state index in [9.17, 15) is 4.79 Å². The van der Waals surface area contributed by atoms with E-state index in [0.29, 0.717) is 17.7 Å². The van der Waals surface area contributed by atoms with Crippen molar-refractivity contribution in [1.82, 2.24) is 15.1 Å². The molecule has 0 bridgehead atoms. The number of likely N-dealkylation sites (tertiary alicyclic amines) is 1. The Bertz CT molecular complexity index is 482. The molecule has 3 rings (SSSR count). The molecule has 1 saturated heterocycles. The van der Waals surface area contributed by atoms with Gasteiger partial charge in [0.05, 0.1) is 0 Å². The molecule has 5 heteroatoms. The van der Waals surface area contributed by atoms with E-state index in [4.69, 9.17) is 0 Å². The maximum atomic E-state index is 12.7. The van der Waals surface area contributed by atoms with E-state index < -0.39 is 0 Å². The van der Waals surface area contributed by atoms with E-state index in [-0.39, 0.29) is 5.91 Å². The standard InChI is InChI=1S/C16H24N4O/c1-2-17-15-10-9-13(18-19-15)16(21)20-11-5-8-14(20)12-6-3-4-7-12/h9-10,12,14H,2-8,11H2,1H3,(H,17,19). The SMILES string of the molecule is CCNc1ccc(C(=O)N2CCCC2C2CCCC2)nn1. The number of carbonyl (C=O) groups is 1. The quantitative estimate of drug-likeness (QED) is 0.925. The Labute approximate surface area is 126 Å². The zero-order valence-electron chi connectivity index (χ0n) is 12.7. The van der Waals surface area contributed by atoms with Crippen LogP contribution in [0.2, 0.25) is 0 Å². The predicted molar refractivity (Wildman–Crippen MR) is 82.2 cm³/mol. The average Bonchev–Trinajstić information content (AvgIpc) is 3.18. The molecule has 1 aromatic rings. The lowest BCUT2D eigenvalue weighted by molar-refractivity contribution is 0.0682. The number of anilines is 1. The summed E-state index contributed by atoms with van der Waals surface area (Å²) in [6.45, 7) is 3.69. The topological polar surface area (TPSA) is 58.1 Å². The van der Waals surface area contributed by atoms with Crippen LogP contribution < -0.4 is 5.32 Å². The largest absolute Gasteiger partial charge is 0.369 e. The summed E-state index contributed by atoms with van der Waals surface area (Å²) in [5.74, 6) is 1.48. The number of amides is 1. The summed E-state index contributed by atoms with van der Waals surface area (Å²) in [6.07, 6.45) is 7.47. The van der Waals surface area contributed by atoms with Crippen LogP contribution in [-0.4, -0.2) is 40.1 Å². The van der Waals surface area contributed by atoms with Crippen LogP contribution in [0.4, 0.5) is 5.82 Å².